The molecule has 0 unspecified atom stereocenters. The fourth-order valence-electron chi connectivity index (χ4n) is 1.89. The van der Waals surface area contributed by atoms with Gasteiger partial charge in [0.25, 0.3) is 5.91 Å². The third-order valence-corrected chi connectivity index (χ3v) is 3.23. The number of anilines is 1. The van der Waals surface area contributed by atoms with Crippen LogP contribution in [0.15, 0.2) is 53.6 Å². The van der Waals surface area contributed by atoms with Gasteiger partial charge in [0.2, 0.25) is 0 Å². The number of nitrogens with zero attached hydrogens (tertiary/aromatic N) is 1. The smallest absolute Gasteiger partial charge is 0.262 e. The van der Waals surface area contributed by atoms with Gasteiger partial charge < -0.3 is 10.4 Å². The Morgan fingerprint density at radius 1 is 1.18 bits per heavy atom. The summed E-state index contributed by atoms with van der Waals surface area (Å²) in [5, 5.41) is 16.6. The molecule has 0 fully saturated rings. The second-order valence-electron chi connectivity index (χ2n) is 4.97. The maximum atomic E-state index is 12.0. The molecule has 0 aromatic heterocycles. The number of carbonyl (C=O) groups excluding carboxylic acids is 1. The number of amides is 1. The molecule has 0 spiro atoms. The fourth-order valence-corrected chi connectivity index (χ4v) is 1.89. The largest absolute Gasteiger partial charge is 0.507 e. The Bertz CT molecular complexity index is 683. The zero-order valence-corrected chi connectivity index (χ0v) is 12.6. The van der Waals surface area contributed by atoms with Gasteiger partial charge >= 0.3 is 0 Å². The first kappa shape index (κ1) is 15.6. The van der Waals surface area contributed by atoms with Gasteiger partial charge in [-0.15, -0.1) is 0 Å². The maximum absolute atomic E-state index is 12.0. The molecule has 0 aliphatic carbocycles. The highest BCUT2D eigenvalue weighted by atomic mass is 16.3. The van der Waals surface area contributed by atoms with Gasteiger partial charge in [-0.2, -0.15) is 5.10 Å². The van der Waals surface area contributed by atoms with Crippen molar-refractivity contribution in [3.8, 4) is 5.75 Å². The predicted molar refractivity (Wildman–Crippen MR) is 88.1 cm³/mol. The van der Waals surface area contributed by atoms with E-state index in [1.807, 2.05) is 31.2 Å². The number of benzene rings is 2. The predicted octanol–water partition coefficient (Wildman–Crippen LogP) is 2.65. The minimum Gasteiger partial charge on any atom is -0.507 e. The second-order valence-corrected chi connectivity index (χ2v) is 4.97. The van der Waals surface area contributed by atoms with Crippen LogP contribution in [0.1, 0.15) is 18.1 Å². The third-order valence-electron chi connectivity index (χ3n) is 3.23. The van der Waals surface area contributed by atoms with Crippen molar-refractivity contribution in [3.05, 3.63) is 59.7 Å². The number of hydrazone groups is 1. The number of carbonyl (C=O) groups is 1. The van der Waals surface area contributed by atoms with Crippen molar-refractivity contribution in [1.82, 2.24) is 5.43 Å². The summed E-state index contributed by atoms with van der Waals surface area (Å²) >= 11 is 0. The standard InChI is InChI=1S/C17H19N3O2/c1-12-7-3-5-9-15(12)19-13(2)17(22)20-18-11-14-8-4-6-10-16(14)21/h3-11,13,19,21H,1-2H3,(H,20,22)/b18-11-/t13-/m0/s1. The summed E-state index contributed by atoms with van der Waals surface area (Å²) in [6, 6.07) is 14.1. The molecule has 0 aliphatic rings. The maximum Gasteiger partial charge on any atom is 0.262 e. The first-order chi connectivity index (χ1) is 10.6. The summed E-state index contributed by atoms with van der Waals surface area (Å²) in [5.74, 6) is -0.137. The van der Waals surface area contributed by atoms with Gasteiger partial charge in [-0.1, -0.05) is 30.3 Å². The van der Waals surface area contributed by atoms with E-state index in [9.17, 15) is 9.90 Å². The molecule has 0 saturated carbocycles. The van der Waals surface area contributed by atoms with Crippen molar-refractivity contribution >= 4 is 17.8 Å². The van der Waals surface area contributed by atoms with Crippen LogP contribution in [0.4, 0.5) is 5.69 Å². The number of nitrogens with one attached hydrogen (secondary N) is 2. The minimum absolute atomic E-state index is 0.117. The number of phenols is 1. The van der Waals surface area contributed by atoms with E-state index in [0.717, 1.165) is 11.3 Å². The lowest BCUT2D eigenvalue weighted by Crippen LogP contribution is -2.35. The van der Waals surface area contributed by atoms with Gasteiger partial charge in [-0.05, 0) is 37.6 Å². The Morgan fingerprint density at radius 3 is 2.59 bits per heavy atom. The van der Waals surface area contributed by atoms with E-state index in [1.54, 1.807) is 31.2 Å². The fraction of sp³-hybridized carbons (Fsp3) is 0.176. The van der Waals surface area contributed by atoms with E-state index in [0.29, 0.717) is 5.56 Å². The lowest BCUT2D eigenvalue weighted by Gasteiger charge is -2.15. The van der Waals surface area contributed by atoms with E-state index in [2.05, 4.69) is 15.8 Å². The van der Waals surface area contributed by atoms with Crippen LogP contribution < -0.4 is 10.7 Å². The van der Waals surface area contributed by atoms with Crippen LogP contribution in [-0.4, -0.2) is 23.3 Å². The van der Waals surface area contributed by atoms with Gasteiger partial charge in [0.15, 0.2) is 0 Å². The molecule has 0 bridgehead atoms. The van der Waals surface area contributed by atoms with Crippen LogP contribution in [0.25, 0.3) is 0 Å². The molecule has 0 radical (unpaired) electrons. The summed E-state index contributed by atoms with van der Waals surface area (Å²) in [7, 11) is 0. The summed E-state index contributed by atoms with van der Waals surface area (Å²) < 4.78 is 0. The van der Waals surface area contributed by atoms with E-state index >= 15 is 0 Å². The number of aryl methyl sites for hydroxylation is 1. The van der Waals surface area contributed by atoms with Crippen molar-refractivity contribution in [3.63, 3.8) is 0 Å². The topological polar surface area (TPSA) is 73.7 Å². The van der Waals surface area contributed by atoms with Gasteiger partial charge in [0.05, 0.1) is 6.21 Å². The molecular weight excluding hydrogens is 278 g/mol. The average Bonchev–Trinajstić information content (AvgIpc) is 2.51. The van der Waals surface area contributed by atoms with Gasteiger partial charge in [-0.25, -0.2) is 5.43 Å². The molecule has 114 valence electrons. The number of rotatable bonds is 5. The normalized spacial score (nSPS) is 12.1. The first-order valence-corrected chi connectivity index (χ1v) is 7.01. The van der Waals surface area contributed by atoms with Crippen LogP contribution >= 0.6 is 0 Å². The Balaban J connectivity index is 1.92. The van der Waals surface area contributed by atoms with Gasteiger partial charge in [-0.3, -0.25) is 4.79 Å². The van der Waals surface area contributed by atoms with Crippen LogP contribution in [0, 0.1) is 6.92 Å². The summed E-state index contributed by atoms with van der Waals surface area (Å²) in [5.41, 5.74) is 4.98. The minimum atomic E-state index is -0.428. The summed E-state index contributed by atoms with van der Waals surface area (Å²) in [6.45, 7) is 3.74. The average molecular weight is 297 g/mol. The Morgan fingerprint density at radius 2 is 1.86 bits per heavy atom. The molecule has 3 N–H and O–H groups in total. The van der Waals surface area contributed by atoms with Crippen LogP contribution in [0.3, 0.4) is 0 Å². The zero-order valence-electron chi connectivity index (χ0n) is 12.6. The quantitative estimate of drug-likeness (QED) is 0.587. The molecule has 5 heteroatoms. The Hall–Kier alpha value is -2.82. The number of phenolic OH excluding ortho intramolecular Hbond substituents is 1. The molecule has 5 nitrogen and oxygen atoms in total. The van der Waals surface area contributed by atoms with E-state index in [-0.39, 0.29) is 11.7 Å². The molecule has 22 heavy (non-hydrogen) atoms. The molecule has 1 amide bonds. The van der Waals surface area contributed by atoms with Crippen molar-refractivity contribution in [2.45, 2.75) is 19.9 Å². The monoisotopic (exact) mass is 297 g/mol. The highest BCUT2D eigenvalue weighted by Gasteiger charge is 2.12. The SMILES string of the molecule is Cc1ccccc1N[C@@H](C)C(=O)N/N=C\c1ccccc1O. The summed E-state index contributed by atoms with van der Waals surface area (Å²) in [4.78, 5) is 12.0. The van der Waals surface area contributed by atoms with E-state index in [4.69, 9.17) is 0 Å². The lowest BCUT2D eigenvalue weighted by molar-refractivity contribution is -0.121. The molecule has 0 aliphatic heterocycles. The number of para-hydroxylation sites is 2. The van der Waals surface area contributed by atoms with Crippen LogP contribution in [0.2, 0.25) is 0 Å². The molecular formula is C17H19N3O2. The third kappa shape index (κ3) is 4.09. The van der Waals surface area contributed by atoms with Gasteiger partial charge in [0.1, 0.15) is 11.8 Å². The number of hydrogen-bond acceptors (Lipinski definition) is 4. The van der Waals surface area contributed by atoms with Crippen LogP contribution in [-0.2, 0) is 4.79 Å². The zero-order chi connectivity index (χ0) is 15.9. The highest BCUT2D eigenvalue weighted by molar-refractivity contribution is 5.87. The molecule has 1 atom stereocenters. The van der Waals surface area contributed by atoms with Crippen molar-refractivity contribution < 1.29 is 9.90 Å². The summed E-state index contributed by atoms with van der Waals surface area (Å²) in [6.07, 6.45) is 1.41. The second kappa shape index (κ2) is 7.26. The molecule has 0 heterocycles. The number of aromatic hydroxyl groups is 1. The first-order valence-electron chi connectivity index (χ1n) is 7.01. The lowest BCUT2D eigenvalue weighted by atomic mass is 10.2. The van der Waals surface area contributed by atoms with Crippen molar-refractivity contribution in [2.24, 2.45) is 5.10 Å². The molecule has 2 aromatic carbocycles. The molecule has 2 aromatic rings. The van der Waals surface area contributed by atoms with Crippen LogP contribution in [0.5, 0.6) is 5.75 Å². The highest BCUT2D eigenvalue weighted by Crippen LogP contribution is 2.14. The Kier molecular flexibility index (Phi) is 5.14. The molecule has 2 rings (SSSR count). The van der Waals surface area contributed by atoms with Gasteiger partial charge in [0, 0.05) is 11.3 Å². The van der Waals surface area contributed by atoms with Crippen molar-refractivity contribution in [1.29, 1.82) is 0 Å². The molecule has 0 saturated heterocycles. The van der Waals surface area contributed by atoms with E-state index < -0.39 is 6.04 Å². The number of hydrogen-bond donors (Lipinski definition) is 3. The van der Waals surface area contributed by atoms with E-state index in [1.165, 1.54) is 6.21 Å². The Labute approximate surface area is 129 Å². The van der Waals surface area contributed by atoms with Crippen molar-refractivity contribution in [2.75, 3.05) is 5.32 Å².